The largest absolute Gasteiger partial charge is 0.301 e. The SMILES string of the molecule is O=S(=O)(CCCN1CCN(S(=O)(=O)c2c(F)cccc2F)CC1)c1ccc(F)cc1. The molecule has 0 radical (unpaired) electrons. The first-order valence-electron chi connectivity index (χ1n) is 9.26. The van der Waals surface area contributed by atoms with Crippen LogP contribution in [0.25, 0.3) is 0 Å². The number of sulfone groups is 1. The van der Waals surface area contributed by atoms with E-state index in [0.717, 1.165) is 34.6 Å². The highest BCUT2D eigenvalue weighted by Crippen LogP contribution is 2.23. The number of rotatable bonds is 7. The van der Waals surface area contributed by atoms with E-state index < -0.39 is 42.2 Å². The van der Waals surface area contributed by atoms with Crippen molar-refractivity contribution in [2.45, 2.75) is 16.2 Å². The lowest BCUT2D eigenvalue weighted by Gasteiger charge is -2.34. The number of piperazine rings is 1. The summed E-state index contributed by atoms with van der Waals surface area (Å²) in [6, 6.07) is 7.51. The quantitative estimate of drug-likeness (QED) is 0.591. The van der Waals surface area contributed by atoms with E-state index in [2.05, 4.69) is 0 Å². The van der Waals surface area contributed by atoms with E-state index in [1.165, 1.54) is 12.1 Å². The van der Waals surface area contributed by atoms with Crippen molar-refractivity contribution in [1.29, 1.82) is 0 Å². The molecule has 1 fully saturated rings. The zero-order chi connectivity index (χ0) is 21.9. The van der Waals surface area contributed by atoms with Crippen molar-refractivity contribution in [3.8, 4) is 0 Å². The van der Waals surface area contributed by atoms with Crippen LogP contribution in [0, 0.1) is 17.5 Å². The Balaban J connectivity index is 1.54. The Bertz CT molecular complexity index is 1080. The van der Waals surface area contributed by atoms with Crippen LogP contribution in [0.2, 0.25) is 0 Å². The van der Waals surface area contributed by atoms with Crippen molar-refractivity contribution in [2.24, 2.45) is 0 Å². The highest BCUT2D eigenvalue weighted by Gasteiger charge is 2.33. The van der Waals surface area contributed by atoms with Crippen LogP contribution in [-0.2, 0) is 19.9 Å². The minimum absolute atomic E-state index is 0.0425. The Morgan fingerprint density at radius 3 is 1.93 bits per heavy atom. The monoisotopic (exact) mass is 462 g/mol. The van der Waals surface area contributed by atoms with Crippen LogP contribution in [0.15, 0.2) is 52.3 Å². The summed E-state index contributed by atoms with van der Waals surface area (Å²) in [5, 5.41) is 0. The molecule has 0 unspecified atom stereocenters. The molecule has 1 saturated heterocycles. The first-order chi connectivity index (χ1) is 14.1. The van der Waals surface area contributed by atoms with Crippen molar-refractivity contribution in [1.82, 2.24) is 9.21 Å². The van der Waals surface area contributed by atoms with Gasteiger partial charge in [0.05, 0.1) is 10.6 Å². The summed E-state index contributed by atoms with van der Waals surface area (Å²) in [5.74, 6) is -2.92. The maximum Gasteiger partial charge on any atom is 0.249 e. The molecule has 0 amide bonds. The molecule has 164 valence electrons. The smallest absolute Gasteiger partial charge is 0.249 e. The number of hydrogen-bond acceptors (Lipinski definition) is 5. The third kappa shape index (κ3) is 5.02. The van der Waals surface area contributed by atoms with Gasteiger partial charge in [-0.15, -0.1) is 0 Å². The molecule has 30 heavy (non-hydrogen) atoms. The van der Waals surface area contributed by atoms with Gasteiger partial charge in [0.1, 0.15) is 17.5 Å². The van der Waals surface area contributed by atoms with Crippen LogP contribution < -0.4 is 0 Å². The lowest BCUT2D eigenvalue weighted by atomic mass is 10.3. The standard InChI is InChI=1S/C19H21F3N2O4S2/c20-15-5-7-16(8-6-15)29(25,26)14-2-9-23-10-12-24(13-11-23)30(27,28)19-17(21)3-1-4-18(19)22/h1,3-8H,2,9-14H2. The van der Waals surface area contributed by atoms with Gasteiger partial charge in [-0.25, -0.2) is 30.0 Å². The maximum atomic E-state index is 13.9. The average molecular weight is 463 g/mol. The minimum atomic E-state index is -4.30. The summed E-state index contributed by atoms with van der Waals surface area (Å²) < 4.78 is 91.5. The first kappa shape index (κ1) is 22.7. The van der Waals surface area contributed by atoms with E-state index in [0.29, 0.717) is 26.1 Å². The van der Waals surface area contributed by atoms with E-state index in [9.17, 15) is 30.0 Å². The fourth-order valence-electron chi connectivity index (χ4n) is 3.29. The topological polar surface area (TPSA) is 74.8 Å². The van der Waals surface area contributed by atoms with Crippen molar-refractivity contribution >= 4 is 19.9 Å². The van der Waals surface area contributed by atoms with Gasteiger partial charge in [-0.3, -0.25) is 0 Å². The van der Waals surface area contributed by atoms with Gasteiger partial charge < -0.3 is 4.90 Å². The fourth-order valence-corrected chi connectivity index (χ4v) is 6.12. The molecule has 2 aromatic rings. The zero-order valence-corrected chi connectivity index (χ0v) is 17.6. The molecular formula is C19H21F3N2O4S2. The van der Waals surface area contributed by atoms with E-state index >= 15 is 0 Å². The Kier molecular flexibility index (Phi) is 6.85. The summed E-state index contributed by atoms with van der Waals surface area (Å²) in [6.07, 6.45) is 0.314. The van der Waals surface area contributed by atoms with Gasteiger partial charge in [0.15, 0.2) is 14.7 Å². The number of halogens is 3. The average Bonchev–Trinajstić information content (AvgIpc) is 2.68. The van der Waals surface area contributed by atoms with Crippen LogP contribution in [-0.4, -0.2) is 64.5 Å². The highest BCUT2D eigenvalue weighted by molar-refractivity contribution is 7.91. The molecular weight excluding hydrogens is 441 g/mol. The molecule has 2 aromatic carbocycles. The summed E-state index contributed by atoms with van der Waals surface area (Å²) in [4.78, 5) is 0.986. The Morgan fingerprint density at radius 1 is 0.800 bits per heavy atom. The van der Waals surface area contributed by atoms with Crippen molar-refractivity contribution in [3.63, 3.8) is 0 Å². The molecule has 11 heteroatoms. The predicted octanol–water partition coefficient (Wildman–Crippen LogP) is 2.27. The normalized spacial score (nSPS) is 16.6. The molecule has 6 nitrogen and oxygen atoms in total. The Morgan fingerprint density at radius 2 is 1.37 bits per heavy atom. The van der Waals surface area contributed by atoms with Crippen LogP contribution in [0.4, 0.5) is 13.2 Å². The highest BCUT2D eigenvalue weighted by atomic mass is 32.2. The number of benzene rings is 2. The van der Waals surface area contributed by atoms with Crippen LogP contribution >= 0.6 is 0 Å². The lowest BCUT2D eigenvalue weighted by Crippen LogP contribution is -2.49. The van der Waals surface area contributed by atoms with Crippen molar-refractivity contribution in [3.05, 3.63) is 59.9 Å². The van der Waals surface area contributed by atoms with Crippen molar-refractivity contribution < 1.29 is 30.0 Å². The minimum Gasteiger partial charge on any atom is -0.301 e. The van der Waals surface area contributed by atoms with Gasteiger partial charge in [0.25, 0.3) is 0 Å². The second kappa shape index (κ2) is 9.04. The molecule has 1 heterocycles. The fraction of sp³-hybridized carbons (Fsp3) is 0.368. The molecule has 0 saturated carbocycles. The summed E-state index contributed by atoms with van der Waals surface area (Å²) in [7, 11) is -7.84. The van der Waals surface area contributed by atoms with Crippen LogP contribution in [0.1, 0.15) is 6.42 Å². The van der Waals surface area contributed by atoms with E-state index in [-0.39, 0.29) is 23.7 Å². The number of nitrogens with zero attached hydrogens (tertiary/aromatic N) is 2. The van der Waals surface area contributed by atoms with E-state index in [1.807, 2.05) is 4.90 Å². The molecule has 1 aliphatic rings. The molecule has 3 rings (SSSR count). The second-order valence-electron chi connectivity index (χ2n) is 6.92. The summed E-state index contributed by atoms with van der Waals surface area (Å²) >= 11 is 0. The van der Waals surface area contributed by atoms with Gasteiger partial charge in [0.2, 0.25) is 10.0 Å². The van der Waals surface area contributed by atoms with Gasteiger partial charge in [-0.1, -0.05) is 6.07 Å². The third-order valence-corrected chi connectivity index (χ3v) is 8.68. The molecule has 0 atom stereocenters. The van der Waals surface area contributed by atoms with E-state index in [1.54, 1.807) is 0 Å². The lowest BCUT2D eigenvalue weighted by molar-refractivity contribution is 0.188. The van der Waals surface area contributed by atoms with Gasteiger partial charge in [0, 0.05) is 26.2 Å². The van der Waals surface area contributed by atoms with E-state index in [4.69, 9.17) is 0 Å². The summed E-state index contributed by atoms with van der Waals surface area (Å²) in [5.41, 5.74) is 0. The predicted molar refractivity (Wildman–Crippen MR) is 105 cm³/mol. The molecule has 0 N–H and O–H groups in total. The van der Waals surface area contributed by atoms with Crippen molar-refractivity contribution in [2.75, 3.05) is 38.5 Å². The Labute approximate surface area is 173 Å². The zero-order valence-electron chi connectivity index (χ0n) is 16.0. The Hall–Kier alpha value is -1.95. The first-order valence-corrected chi connectivity index (χ1v) is 12.4. The van der Waals surface area contributed by atoms with Gasteiger partial charge >= 0.3 is 0 Å². The summed E-state index contributed by atoms with van der Waals surface area (Å²) in [6.45, 7) is 1.13. The number of sulfonamides is 1. The molecule has 0 aromatic heterocycles. The number of hydrogen-bond donors (Lipinski definition) is 0. The maximum absolute atomic E-state index is 13.9. The molecule has 0 bridgehead atoms. The van der Waals surface area contributed by atoms with Crippen LogP contribution in [0.3, 0.4) is 0 Å². The van der Waals surface area contributed by atoms with Gasteiger partial charge in [-0.2, -0.15) is 4.31 Å². The molecule has 0 aliphatic carbocycles. The second-order valence-corrected chi connectivity index (χ2v) is 10.9. The molecule has 1 aliphatic heterocycles. The third-order valence-electron chi connectivity index (χ3n) is 4.91. The van der Waals surface area contributed by atoms with Crippen LogP contribution in [0.5, 0.6) is 0 Å². The molecule has 0 spiro atoms. The van der Waals surface area contributed by atoms with Gasteiger partial charge in [-0.05, 0) is 49.4 Å².